The number of hydrogen-bond donors (Lipinski definition) is 2. The van der Waals surface area contributed by atoms with Crippen molar-refractivity contribution in [1.29, 1.82) is 0 Å². The molecule has 2 rings (SSSR count). The molecule has 0 saturated carbocycles. The van der Waals surface area contributed by atoms with E-state index in [9.17, 15) is 5.11 Å². The van der Waals surface area contributed by atoms with Crippen LogP contribution in [0.1, 0.15) is 25.5 Å². The second kappa shape index (κ2) is 6.04. The average molecular weight is 259 g/mol. The van der Waals surface area contributed by atoms with Gasteiger partial charge in [-0.1, -0.05) is 32.0 Å². The first-order valence-corrected chi connectivity index (χ1v) is 6.59. The number of benzene rings is 2. The molecule has 2 aromatic carbocycles. The first kappa shape index (κ1) is 13.8. The average Bonchev–Trinajstić information content (AvgIpc) is 2.43. The minimum Gasteiger partial charge on any atom is -0.497 e. The summed E-state index contributed by atoms with van der Waals surface area (Å²) in [5, 5.41) is 15.6. The highest BCUT2D eigenvalue weighted by Crippen LogP contribution is 2.24. The number of ether oxygens (including phenoxy) is 1. The van der Waals surface area contributed by atoms with Crippen LogP contribution in [0.15, 0.2) is 36.4 Å². The molecule has 0 aliphatic carbocycles. The molecule has 2 aromatic rings. The third-order valence-corrected chi connectivity index (χ3v) is 3.18. The van der Waals surface area contributed by atoms with E-state index in [1.807, 2.05) is 36.4 Å². The zero-order valence-corrected chi connectivity index (χ0v) is 11.7. The Labute approximate surface area is 114 Å². The molecule has 3 nitrogen and oxygen atoms in total. The largest absolute Gasteiger partial charge is 0.497 e. The van der Waals surface area contributed by atoms with Crippen LogP contribution in [0.3, 0.4) is 0 Å². The van der Waals surface area contributed by atoms with Gasteiger partial charge in [-0.25, -0.2) is 0 Å². The normalized spacial score (nSPS) is 12.9. The molecule has 0 radical (unpaired) electrons. The fraction of sp³-hybridized carbons (Fsp3) is 0.375. The van der Waals surface area contributed by atoms with E-state index in [2.05, 4.69) is 19.2 Å². The molecule has 0 heterocycles. The van der Waals surface area contributed by atoms with E-state index in [1.165, 1.54) is 0 Å². The summed E-state index contributed by atoms with van der Waals surface area (Å²) in [6.45, 7) is 4.71. The Hall–Kier alpha value is -1.58. The number of nitrogens with one attached hydrogen (secondary N) is 1. The Balaban J connectivity index is 2.21. The number of rotatable bonds is 5. The standard InChI is InChI=1S/C16H21NO2/c1-11(2)17-10-16(18)14-5-4-13-9-15(19-3)7-6-12(13)8-14/h4-9,11,16-18H,10H2,1-3H3. The summed E-state index contributed by atoms with van der Waals surface area (Å²) in [5.41, 5.74) is 0.936. The number of hydrogen-bond acceptors (Lipinski definition) is 3. The van der Waals surface area contributed by atoms with E-state index >= 15 is 0 Å². The molecular weight excluding hydrogens is 238 g/mol. The van der Waals surface area contributed by atoms with Crippen molar-refractivity contribution in [3.05, 3.63) is 42.0 Å². The van der Waals surface area contributed by atoms with Gasteiger partial charge >= 0.3 is 0 Å². The van der Waals surface area contributed by atoms with Gasteiger partial charge in [0.25, 0.3) is 0 Å². The zero-order valence-electron chi connectivity index (χ0n) is 11.7. The molecule has 102 valence electrons. The van der Waals surface area contributed by atoms with E-state index in [-0.39, 0.29) is 0 Å². The molecule has 0 bridgehead atoms. The highest BCUT2D eigenvalue weighted by molar-refractivity contribution is 5.84. The van der Waals surface area contributed by atoms with E-state index < -0.39 is 6.10 Å². The molecule has 3 heteroatoms. The van der Waals surface area contributed by atoms with Gasteiger partial charge < -0.3 is 15.2 Å². The molecule has 0 saturated heterocycles. The first-order valence-electron chi connectivity index (χ1n) is 6.59. The highest BCUT2D eigenvalue weighted by Gasteiger charge is 2.08. The lowest BCUT2D eigenvalue weighted by molar-refractivity contribution is 0.172. The maximum atomic E-state index is 10.1. The molecule has 0 aliphatic heterocycles. The van der Waals surface area contributed by atoms with Crippen molar-refractivity contribution in [2.75, 3.05) is 13.7 Å². The third kappa shape index (κ3) is 3.46. The predicted octanol–water partition coefficient (Wildman–Crippen LogP) is 2.88. The van der Waals surface area contributed by atoms with Gasteiger partial charge in [-0.3, -0.25) is 0 Å². The lowest BCUT2D eigenvalue weighted by Gasteiger charge is -2.15. The van der Waals surface area contributed by atoms with Crippen LogP contribution < -0.4 is 10.1 Å². The minimum atomic E-state index is -0.478. The molecule has 0 fully saturated rings. The molecule has 19 heavy (non-hydrogen) atoms. The minimum absolute atomic E-state index is 0.374. The third-order valence-electron chi connectivity index (χ3n) is 3.18. The van der Waals surface area contributed by atoms with Gasteiger partial charge in [-0.2, -0.15) is 0 Å². The van der Waals surface area contributed by atoms with Gasteiger partial charge in [-0.05, 0) is 34.5 Å². The molecule has 0 amide bonds. The summed E-state index contributed by atoms with van der Waals surface area (Å²) >= 11 is 0. The predicted molar refractivity (Wildman–Crippen MR) is 78.6 cm³/mol. The van der Waals surface area contributed by atoms with Crippen LogP contribution in [0.4, 0.5) is 0 Å². The number of aliphatic hydroxyl groups is 1. The summed E-state index contributed by atoms with van der Waals surface area (Å²) in [6, 6.07) is 12.3. The fourth-order valence-corrected chi connectivity index (χ4v) is 2.04. The topological polar surface area (TPSA) is 41.5 Å². The monoisotopic (exact) mass is 259 g/mol. The Morgan fingerprint density at radius 1 is 1.11 bits per heavy atom. The van der Waals surface area contributed by atoms with Crippen molar-refractivity contribution in [2.45, 2.75) is 26.0 Å². The summed E-state index contributed by atoms with van der Waals surface area (Å²) in [4.78, 5) is 0. The quantitative estimate of drug-likeness (QED) is 0.867. The van der Waals surface area contributed by atoms with Crippen molar-refractivity contribution in [2.24, 2.45) is 0 Å². The van der Waals surface area contributed by atoms with Crippen LogP contribution >= 0.6 is 0 Å². The van der Waals surface area contributed by atoms with Crippen molar-refractivity contribution in [3.63, 3.8) is 0 Å². The molecule has 0 aromatic heterocycles. The van der Waals surface area contributed by atoms with Gasteiger partial charge in [0.2, 0.25) is 0 Å². The Morgan fingerprint density at radius 2 is 1.79 bits per heavy atom. The van der Waals surface area contributed by atoms with Crippen LogP contribution in [0.25, 0.3) is 10.8 Å². The van der Waals surface area contributed by atoms with Gasteiger partial charge in [0.1, 0.15) is 5.75 Å². The highest BCUT2D eigenvalue weighted by atomic mass is 16.5. The zero-order chi connectivity index (χ0) is 13.8. The number of fused-ring (bicyclic) bond motifs is 1. The van der Waals surface area contributed by atoms with Crippen molar-refractivity contribution in [1.82, 2.24) is 5.32 Å². The van der Waals surface area contributed by atoms with Gasteiger partial charge in [0.15, 0.2) is 0 Å². The Bertz CT molecular complexity index is 551. The van der Waals surface area contributed by atoms with E-state index in [4.69, 9.17) is 4.74 Å². The lowest BCUT2D eigenvalue weighted by Crippen LogP contribution is -2.27. The molecule has 0 spiro atoms. The summed E-state index contributed by atoms with van der Waals surface area (Å²) < 4.78 is 5.21. The molecule has 2 N–H and O–H groups in total. The maximum absolute atomic E-state index is 10.1. The Morgan fingerprint density at radius 3 is 2.47 bits per heavy atom. The molecule has 1 atom stereocenters. The lowest BCUT2D eigenvalue weighted by atomic mass is 10.0. The van der Waals surface area contributed by atoms with Crippen LogP contribution in [-0.4, -0.2) is 24.8 Å². The SMILES string of the molecule is COc1ccc2cc(C(O)CNC(C)C)ccc2c1. The molecule has 0 aliphatic rings. The van der Waals surface area contributed by atoms with Crippen LogP contribution in [0.5, 0.6) is 5.75 Å². The summed E-state index contributed by atoms with van der Waals surface area (Å²) in [6.07, 6.45) is -0.478. The van der Waals surface area contributed by atoms with Crippen molar-refractivity contribution < 1.29 is 9.84 Å². The smallest absolute Gasteiger partial charge is 0.119 e. The van der Waals surface area contributed by atoms with Crippen LogP contribution in [0.2, 0.25) is 0 Å². The van der Waals surface area contributed by atoms with E-state index in [1.54, 1.807) is 7.11 Å². The fourth-order valence-electron chi connectivity index (χ4n) is 2.04. The van der Waals surface area contributed by atoms with Crippen molar-refractivity contribution in [3.8, 4) is 5.75 Å². The second-order valence-electron chi connectivity index (χ2n) is 5.05. The van der Waals surface area contributed by atoms with Crippen LogP contribution in [0, 0.1) is 0 Å². The maximum Gasteiger partial charge on any atom is 0.119 e. The van der Waals surface area contributed by atoms with Gasteiger partial charge in [0, 0.05) is 12.6 Å². The summed E-state index contributed by atoms with van der Waals surface area (Å²) in [5.74, 6) is 0.849. The number of methoxy groups -OCH3 is 1. The van der Waals surface area contributed by atoms with Crippen molar-refractivity contribution >= 4 is 10.8 Å². The summed E-state index contributed by atoms with van der Waals surface area (Å²) in [7, 11) is 1.66. The van der Waals surface area contributed by atoms with Gasteiger partial charge in [0.05, 0.1) is 13.2 Å². The van der Waals surface area contributed by atoms with Gasteiger partial charge in [-0.15, -0.1) is 0 Å². The molecular formula is C16H21NO2. The Kier molecular flexibility index (Phi) is 4.40. The second-order valence-corrected chi connectivity index (χ2v) is 5.05. The van der Waals surface area contributed by atoms with Crippen LogP contribution in [-0.2, 0) is 0 Å². The van der Waals surface area contributed by atoms with E-state index in [0.29, 0.717) is 12.6 Å². The first-order chi connectivity index (χ1) is 9.10. The van der Waals surface area contributed by atoms with E-state index in [0.717, 1.165) is 22.1 Å². The molecule has 1 unspecified atom stereocenters. The number of aliphatic hydroxyl groups excluding tert-OH is 1.